The predicted molar refractivity (Wildman–Crippen MR) is 124 cm³/mol. The molecule has 0 radical (unpaired) electrons. The Bertz CT molecular complexity index is 1040. The maximum Gasteiger partial charge on any atom is 0.160 e. The van der Waals surface area contributed by atoms with Crippen LogP contribution < -0.4 is 9.47 Å². The SMILES string of the molecule is COc1ccc(CCN(C)[C@H]2Cc3cc(Cl)ccc3Sc3ccccc32)cc1OC. The fraction of sp³-hybridized carbons (Fsp3) is 0.280. The van der Waals surface area contributed by atoms with E-state index in [0.29, 0.717) is 6.04 Å². The van der Waals surface area contributed by atoms with E-state index in [4.69, 9.17) is 21.1 Å². The van der Waals surface area contributed by atoms with Crippen LogP contribution in [0, 0.1) is 0 Å². The van der Waals surface area contributed by atoms with Gasteiger partial charge >= 0.3 is 0 Å². The molecule has 3 aromatic carbocycles. The topological polar surface area (TPSA) is 21.7 Å². The average molecular weight is 440 g/mol. The largest absolute Gasteiger partial charge is 0.493 e. The standard InChI is InChI=1S/C25H26ClNO2S/c1-27(13-12-17-8-10-22(28-2)23(14-17)29-3)21-16-18-15-19(26)9-11-24(18)30-25-7-5-4-6-20(21)25/h4-11,14-15,21H,12-13,16H2,1-3H3/t21-/m0/s1. The molecule has 0 saturated carbocycles. The Morgan fingerprint density at radius 3 is 2.57 bits per heavy atom. The summed E-state index contributed by atoms with van der Waals surface area (Å²) in [4.78, 5) is 5.07. The second kappa shape index (κ2) is 9.34. The molecule has 3 aromatic rings. The van der Waals surface area contributed by atoms with Crippen molar-refractivity contribution in [2.75, 3.05) is 27.8 Å². The summed E-state index contributed by atoms with van der Waals surface area (Å²) in [6, 6.07) is 21.4. The van der Waals surface area contributed by atoms with Crippen LogP contribution in [0.2, 0.25) is 5.02 Å². The fourth-order valence-electron chi connectivity index (χ4n) is 3.98. The van der Waals surface area contributed by atoms with Gasteiger partial charge in [0.15, 0.2) is 11.5 Å². The van der Waals surface area contributed by atoms with E-state index >= 15 is 0 Å². The zero-order valence-electron chi connectivity index (χ0n) is 17.5. The number of halogens is 1. The highest BCUT2D eigenvalue weighted by molar-refractivity contribution is 7.99. The van der Waals surface area contributed by atoms with Crippen molar-refractivity contribution in [3.05, 3.63) is 82.4 Å². The first-order valence-electron chi connectivity index (χ1n) is 10.1. The monoisotopic (exact) mass is 439 g/mol. The molecule has 0 bridgehead atoms. The summed E-state index contributed by atoms with van der Waals surface area (Å²) in [5.41, 5.74) is 3.93. The van der Waals surface area contributed by atoms with Gasteiger partial charge in [0.05, 0.1) is 14.2 Å². The lowest BCUT2D eigenvalue weighted by Crippen LogP contribution is -2.28. The smallest absolute Gasteiger partial charge is 0.160 e. The van der Waals surface area contributed by atoms with Crippen molar-refractivity contribution in [1.82, 2.24) is 4.90 Å². The van der Waals surface area contributed by atoms with Gasteiger partial charge in [-0.25, -0.2) is 0 Å². The van der Waals surface area contributed by atoms with Gasteiger partial charge in [-0.15, -0.1) is 0 Å². The lowest BCUT2D eigenvalue weighted by molar-refractivity contribution is 0.243. The Kier molecular flexibility index (Phi) is 6.57. The Morgan fingerprint density at radius 2 is 1.77 bits per heavy atom. The van der Waals surface area contributed by atoms with Crippen LogP contribution in [0.5, 0.6) is 11.5 Å². The van der Waals surface area contributed by atoms with Crippen LogP contribution in [-0.2, 0) is 12.8 Å². The first-order valence-corrected chi connectivity index (χ1v) is 11.2. The molecule has 1 atom stereocenters. The van der Waals surface area contributed by atoms with Crippen molar-refractivity contribution < 1.29 is 9.47 Å². The first kappa shape index (κ1) is 21.1. The molecule has 0 spiro atoms. The van der Waals surface area contributed by atoms with Gasteiger partial charge in [0, 0.05) is 27.4 Å². The van der Waals surface area contributed by atoms with Crippen LogP contribution in [0.3, 0.4) is 0 Å². The number of ether oxygens (including phenoxy) is 2. The second-order valence-corrected chi connectivity index (χ2v) is 9.05. The number of benzene rings is 3. The maximum atomic E-state index is 6.32. The van der Waals surface area contributed by atoms with Gasteiger partial charge in [-0.1, -0.05) is 47.6 Å². The highest BCUT2D eigenvalue weighted by Crippen LogP contribution is 2.43. The highest BCUT2D eigenvalue weighted by Gasteiger charge is 2.25. The molecule has 1 aliphatic rings. The summed E-state index contributed by atoms with van der Waals surface area (Å²) < 4.78 is 10.8. The number of fused-ring (bicyclic) bond motifs is 2. The summed E-state index contributed by atoms with van der Waals surface area (Å²) in [6.07, 6.45) is 1.88. The van der Waals surface area contributed by atoms with Crippen molar-refractivity contribution in [2.24, 2.45) is 0 Å². The summed E-state index contributed by atoms with van der Waals surface area (Å²) >= 11 is 8.16. The van der Waals surface area contributed by atoms with Gasteiger partial charge < -0.3 is 9.47 Å². The molecule has 0 fully saturated rings. The van der Waals surface area contributed by atoms with Crippen LogP contribution in [0.25, 0.3) is 0 Å². The highest BCUT2D eigenvalue weighted by atomic mass is 35.5. The van der Waals surface area contributed by atoms with Crippen LogP contribution in [0.4, 0.5) is 0 Å². The van der Waals surface area contributed by atoms with E-state index < -0.39 is 0 Å². The van der Waals surface area contributed by atoms with Gasteiger partial charge in [0.25, 0.3) is 0 Å². The molecule has 156 valence electrons. The summed E-state index contributed by atoms with van der Waals surface area (Å²) in [6.45, 7) is 0.940. The molecule has 1 heterocycles. The maximum absolute atomic E-state index is 6.32. The Hall–Kier alpha value is -2.14. The fourth-order valence-corrected chi connectivity index (χ4v) is 5.29. The summed E-state index contributed by atoms with van der Waals surface area (Å²) in [7, 11) is 5.55. The number of rotatable bonds is 6. The van der Waals surface area contributed by atoms with E-state index in [1.165, 1.54) is 26.5 Å². The number of hydrogen-bond donors (Lipinski definition) is 0. The molecule has 0 saturated heterocycles. The van der Waals surface area contributed by atoms with Crippen LogP contribution in [0.15, 0.2) is 70.5 Å². The third-order valence-corrected chi connectivity index (χ3v) is 7.11. The Labute approximate surface area is 188 Å². The van der Waals surface area contributed by atoms with E-state index in [0.717, 1.165) is 35.9 Å². The summed E-state index contributed by atoms with van der Waals surface area (Å²) in [5.74, 6) is 1.54. The first-order chi connectivity index (χ1) is 14.6. The van der Waals surface area contributed by atoms with Gasteiger partial charge in [0.2, 0.25) is 0 Å². The average Bonchev–Trinajstić information content (AvgIpc) is 2.93. The lowest BCUT2D eigenvalue weighted by atomic mass is 9.97. The molecule has 5 heteroatoms. The van der Waals surface area contributed by atoms with E-state index in [-0.39, 0.29) is 0 Å². The number of hydrogen-bond acceptors (Lipinski definition) is 4. The summed E-state index contributed by atoms with van der Waals surface area (Å²) in [5, 5.41) is 0.798. The third kappa shape index (κ3) is 4.46. The van der Waals surface area contributed by atoms with E-state index in [2.05, 4.69) is 60.5 Å². The van der Waals surface area contributed by atoms with E-state index in [1.807, 2.05) is 23.9 Å². The molecule has 0 aromatic heterocycles. The Balaban J connectivity index is 1.57. The third-order valence-electron chi connectivity index (χ3n) is 5.67. The molecule has 0 N–H and O–H groups in total. The molecule has 0 unspecified atom stereocenters. The number of methoxy groups -OCH3 is 2. The molecular weight excluding hydrogens is 414 g/mol. The molecular formula is C25H26ClNO2S. The molecule has 4 rings (SSSR count). The molecule has 0 aliphatic carbocycles. The molecule has 3 nitrogen and oxygen atoms in total. The van der Waals surface area contributed by atoms with Crippen molar-refractivity contribution in [2.45, 2.75) is 28.7 Å². The second-order valence-electron chi connectivity index (χ2n) is 7.53. The van der Waals surface area contributed by atoms with Crippen molar-refractivity contribution in [3.63, 3.8) is 0 Å². The number of nitrogens with zero attached hydrogens (tertiary/aromatic N) is 1. The zero-order chi connectivity index (χ0) is 21.1. The van der Waals surface area contributed by atoms with E-state index in [1.54, 1.807) is 14.2 Å². The van der Waals surface area contributed by atoms with Gasteiger partial charge in [0.1, 0.15) is 0 Å². The minimum Gasteiger partial charge on any atom is -0.493 e. The van der Waals surface area contributed by atoms with Crippen molar-refractivity contribution in [1.29, 1.82) is 0 Å². The predicted octanol–water partition coefficient (Wildman–Crippen LogP) is 6.28. The van der Waals surface area contributed by atoms with Crippen LogP contribution >= 0.6 is 23.4 Å². The minimum atomic E-state index is 0.300. The molecule has 30 heavy (non-hydrogen) atoms. The Morgan fingerprint density at radius 1 is 0.967 bits per heavy atom. The molecule has 1 aliphatic heterocycles. The zero-order valence-corrected chi connectivity index (χ0v) is 19.1. The van der Waals surface area contributed by atoms with Crippen molar-refractivity contribution in [3.8, 4) is 11.5 Å². The molecule has 0 amide bonds. The lowest BCUT2D eigenvalue weighted by Gasteiger charge is -2.29. The van der Waals surface area contributed by atoms with Crippen molar-refractivity contribution >= 4 is 23.4 Å². The van der Waals surface area contributed by atoms with Crippen LogP contribution in [-0.4, -0.2) is 32.7 Å². The minimum absolute atomic E-state index is 0.300. The van der Waals surface area contributed by atoms with Gasteiger partial charge in [-0.05, 0) is 73.0 Å². The normalized spacial score (nSPS) is 15.3. The van der Waals surface area contributed by atoms with Gasteiger partial charge in [-0.3, -0.25) is 4.90 Å². The quantitative estimate of drug-likeness (QED) is 0.450. The van der Waals surface area contributed by atoms with E-state index in [9.17, 15) is 0 Å². The van der Waals surface area contributed by atoms with Gasteiger partial charge in [-0.2, -0.15) is 0 Å². The van der Waals surface area contributed by atoms with Crippen LogP contribution in [0.1, 0.15) is 22.7 Å². The number of likely N-dealkylation sites (N-methyl/N-ethyl adjacent to an activating group) is 1.